The molecule has 5 atom stereocenters. The number of nitrogens with zero attached hydrogens (tertiary/aromatic N) is 3. The minimum Gasteiger partial charge on any atom is -0.375 e. The lowest BCUT2D eigenvalue weighted by molar-refractivity contribution is -0.126. The molecule has 2 bridgehead atoms. The van der Waals surface area contributed by atoms with Crippen LogP contribution >= 0.6 is 0 Å². The largest absolute Gasteiger partial charge is 0.375 e. The lowest BCUT2D eigenvalue weighted by Crippen LogP contribution is -2.54. The van der Waals surface area contributed by atoms with Crippen molar-refractivity contribution in [1.82, 2.24) is 4.98 Å². The standard InChI is InChI=1S/C27H33FN4O3/c1-2-34-25-10-5-17(12-22(25)28)27(33)32-14-18-4-3-11-29-26(18)30-23-9-7-19(13-24(23)32)31-15-21-8-6-20(31)16-35-21/h3-4,7,9,11,13,17,20-22,25H,2,5-6,8,10,12,14-16H2,1H3,(H,29,30)/t17-,20+,21-,22+,25+/m1/s1. The Morgan fingerprint density at radius 1 is 1.26 bits per heavy atom. The summed E-state index contributed by atoms with van der Waals surface area (Å²) in [6.07, 6.45) is 4.13. The molecular formula is C27H33FN4O3. The smallest absolute Gasteiger partial charge is 0.230 e. The molecule has 0 unspecified atom stereocenters. The molecule has 4 fully saturated rings. The Bertz CT molecular complexity index is 1090. The first kappa shape index (κ1) is 22.7. The summed E-state index contributed by atoms with van der Waals surface area (Å²) in [5.74, 6) is 0.365. The first-order valence-electron chi connectivity index (χ1n) is 12.9. The number of halogens is 1. The summed E-state index contributed by atoms with van der Waals surface area (Å²) in [5, 5.41) is 3.45. The molecule has 186 valence electrons. The maximum atomic E-state index is 14.9. The second kappa shape index (κ2) is 9.39. The lowest BCUT2D eigenvalue weighted by atomic mass is 9.85. The highest BCUT2D eigenvalue weighted by Crippen LogP contribution is 2.41. The Hall–Kier alpha value is -2.71. The van der Waals surface area contributed by atoms with Crippen molar-refractivity contribution in [3.63, 3.8) is 0 Å². The zero-order valence-corrected chi connectivity index (χ0v) is 20.2. The number of amides is 1. The Balaban J connectivity index is 1.33. The number of benzene rings is 1. The summed E-state index contributed by atoms with van der Waals surface area (Å²) in [4.78, 5) is 22.7. The molecule has 1 amide bonds. The summed E-state index contributed by atoms with van der Waals surface area (Å²) < 4.78 is 26.4. The van der Waals surface area contributed by atoms with Crippen molar-refractivity contribution in [1.29, 1.82) is 0 Å². The fraction of sp³-hybridized carbons (Fsp3) is 0.556. The van der Waals surface area contributed by atoms with Crippen molar-refractivity contribution in [2.24, 2.45) is 5.92 Å². The summed E-state index contributed by atoms with van der Waals surface area (Å²) >= 11 is 0. The van der Waals surface area contributed by atoms with Gasteiger partial charge in [-0.1, -0.05) is 6.07 Å². The molecule has 1 aromatic heterocycles. The number of hydrogen-bond donors (Lipinski definition) is 1. The molecule has 5 heterocycles. The number of anilines is 4. The molecule has 0 spiro atoms. The molecule has 35 heavy (non-hydrogen) atoms. The maximum Gasteiger partial charge on any atom is 0.230 e. The van der Waals surface area contributed by atoms with Crippen LogP contribution in [0.15, 0.2) is 36.5 Å². The number of carbonyl (C=O) groups is 1. The van der Waals surface area contributed by atoms with Gasteiger partial charge in [0.2, 0.25) is 5.91 Å². The molecule has 7 rings (SSSR count). The van der Waals surface area contributed by atoms with Gasteiger partial charge in [0.25, 0.3) is 0 Å². The fourth-order valence-electron chi connectivity index (χ4n) is 6.09. The Morgan fingerprint density at radius 3 is 2.91 bits per heavy atom. The molecular weight excluding hydrogens is 447 g/mol. The number of morpholine rings is 1. The molecule has 5 aliphatic rings. The number of piperidine rings is 1. The van der Waals surface area contributed by atoms with Crippen LogP contribution in [0.4, 0.5) is 27.3 Å². The van der Waals surface area contributed by atoms with Gasteiger partial charge in [0.1, 0.15) is 12.0 Å². The highest BCUT2D eigenvalue weighted by molar-refractivity contribution is 6.00. The number of aromatic nitrogens is 1. The summed E-state index contributed by atoms with van der Waals surface area (Å²) in [7, 11) is 0. The van der Waals surface area contributed by atoms with Crippen LogP contribution in [0.1, 0.15) is 44.6 Å². The van der Waals surface area contributed by atoms with Gasteiger partial charge < -0.3 is 24.6 Å². The number of alkyl halides is 1. The number of ether oxygens (including phenoxy) is 2. The maximum absolute atomic E-state index is 14.9. The van der Waals surface area contributed by atoms with E-state index in [4.69, 9.17) is 9.47 Å². The first-order valence-corrected chi connectivity index (χ1v) is 12.9. The van der Waals surface area contributed by atoms with Gasteiger partial charge in [0.05, 0.1) is 42.8 Å². The minimum atomic E-state index is -1.12. The third-order valence-corrected chi connectivity index (χ3v) is 7.97. The number of rotatable bonds is 4. The average Bonchev–Trinajstić information content (AvgIpc) is 3.06. The van der Waals surface area contributed by atoms with Crippen molar-refractivity contribution < 1.29 is 18.7 Å². The predicted molar refractivity (Wildman–Crippen MR) is 133 cm³/mol. The Morgan fingerprint density at radius 2 is 2.17 bits per heavy atom. The summed E-state index contributed by atoms with van der Waals surface area (Å²) in [5.41, 5.74) is 3.72. The van der Waals surface area contributed by atoms with E-state index in [0.29, 0.717) is 32.0 Å². The predicted octanol–water partition coefficient (Wildman–Crippen LogP) is 4.58. The quantitative estimate of drug-likeness (QED) is 0.691. The van der Waals surface area contributed by atoms with E-state index in [2.05, 4.69) is 27.3 Å². The first-order chi connectivity index (χ1) is 17.1. The Kier molecular flexibility index (Phi) is 6.10. The summed E-state index contributed by atoms with van der Waals surface area (Å²) in [6, 6.07) is 10.5. The van der Waals surface area contributed by atoms with Gasteiger partial charge in [-0.05, 0) is 63.3 Å². The number of fused-ring (bicyclic) bond motifs is 5. The van der Waals surface area contributed by atoms with Gasteiger partial charge in [0, 0.05) is 36.5 Å². The second-order valence-electron chi connectivity index (χ2n) is 10.1. The third kappa shape index (κ3) is 4.27. The van der Waals surface area contributed by atoms with Gasteiger partial charge in [-0.15, -0.1) is 0 Å². The van der Waals surface area contributed by atoms with Crippen LogP contribution < -0.4 is 15.1 Å². The number of nitrogens with one attached hydrogen (secondary N) is 1. The van der Waals surface area contributed by atoms with Crippen LogP contribution in [0.5, 0.6) is 0 Å². The fourth-order valence-corrected chi connectivity index (χ4v) is 6.09. The summed E-state index contributed by atoms with van der Waals surface area (Å²) in [6.45, 7) is 4.40. The normalized spacial score (nSPS) is 29.7. The van der Waals surface area contributed by atoms with E-state index < -0.39 is 12.3 Å². The van der Waals surface area contributed by atoms with Gasteiger partial charge in [-0.2, -0.15) is 0 Å². The number of pyridine rings is 1. The average molecular weight is 481 g/mol. The van der Waals surface area contributed by atoms with Crippen LogP contribution in [0.3, 0.4) is 0 Å². The van der Waals surface area contributed by atoms with E-state index in [1.165, 1.54) is 0 Å². The van der Waals surface area contributed by atoms with Gasteiger partial charge in [0.15, 0.2) is 0 Å². The van der Waals surface area contributed by atoms with Crippen molar-refractivity contribution in [2.45, 2.75) is 70.0 Å². The van der Waals surface area contributed by atoms with Crippen LogP contribution in [0.25, 0.3) is 0 Å². The zero-order valence-electron chi connectivity index (χ0n) is 20.2. The molecule has 1 aliphatic carbocycles. The molecule has 8 heteroatoms. The van der Waals surface area contributed by atoms with Crippen LogP contribution in [0, 0.1) is 5.92 Å². The van der Waals surface area contributed by atoms with E-state index in [-0.39, 0.29) is 24.3 Å². The van der Waals surface area contributed by atoms with Crippen LogP contribution in [-0.4, -0.2) is 55.1 Å². The Labute approximate surface area is 205 Å². The van der Waals surface area contributed by atoms with Crippen LogP contribution in [0.2, 0.25) is 0 Å². The lowest BCUT2D eigenvalue weighted by Gasteiger charge is -2.46. The molecule has 2 aromatic rings. The second-order valence-corrected chi connectivity index (χ2v) is 10.1. The number of carbonyl (C=O) groups excluding carboxylic acids is 1. The molecule has 1 aromatic carbocycles. The van der Waals surface area contributed by atoms with Crippen molar-refractivity contribution in [2.75, 3.05) is 34.9 Å². The molecule has 0 radical (unpaired) electrons. The minimum absolute atomic E-state index is 0.0250. The van der Waals surface area contributed by atoms with E-state index >= 15 is 0 Å². The van der Waals surface area contributed by atoms with E-state index in [0.717, 1.165) is 54.4 Å². The van der Waals surface area contributed by atoms with E-state index in [9.17, 15) is 9.18 Å². The van der Waals surface area contributed by atoms with E-state index in [1.54, 1.807) is 6.20 Å². The third-order valence-electron chi connectivity index (χ3n) is 7.97. The van der Waals surface area contributed by atoms with Gasteiger partial charge >= 0.3 is 0 Å². The van der Waals surface area contributed by atoms with Gasteiger partial charge in [-0.3, -0.25) is 4.79 Å². The zero-order chi connectivity index (χ0) is 23.9. The van der Waals surface area contributed by atoms with Crippen LogP contribution in [-0.2, 0) is 20.8 Å². The van der Waals surface area contributed by atoms with Crippen molar-refractivity contribution >= 4 is 28.8 Å². The van der Waals surface area contributed by atoms with Crippen molar-refractivity contribution in [3.05, 3.63) is 42.1 Å². The molecule has 1 saturated carbocycles. The van der Waals surface area contributed by atoms with Gasteiger partial charge in [-0.25, -0.2) is 9.37 Å². The molecule has 7 nitrogen and oxygen atoms in total. The SMILES string of the molecule is CCO[C@H]1CC[C@@H](C(=O)N2Cc3cccnc3Nc3ccc(N4C[C@H]5CC[C@H]4CO5)cc32)C[C@@H]1F. The highest BCUT2D eigenvalue weighted by atomic mass is 19.1. The molecule has 4 aliphatic heterocycles. The van der Waals surface area contributed by atoms with Crippen molar-refractivity contribution in [3.8, 4) is 0 Å². The van der Waals surface area contributed by atoms with E-state index in [1.807, 2.05) is 30.0 Å². The highest BCUT2D eigenvalue weighted by Gasteiger charge is 2.39. The topological polar surface area (TPSA) is 66.9 Å². The molecule has 3 saturated heterocycles. The molecule has 1 N–H and O–H groups in total. The number of hydrogen-bond acceptors (Lipinski definition) is 6. The monoisotopic (exact) mass is 480 g/mol.